The summed E-state index contributed by atoms with van der Waals surface area (Å²) in [5, 5.41) is 0. The first-order chi connectivity index (χ1) is 13.7. The minimum Gasteiger partial charge on any atom is -0.372 e. The number of nitrogens with zero attached hydrogens (tertiary/aromatic N) is 2. The number of para-hydroxylation sites is 1. The number of hydrogen-bond acceptors (Lipinski definition) is 3. The van der Waals surface area contributed by atoms with Crippen LogP contribution in [0.15, 0.2) is 60.7 Å². The molecule has 2 aromatic carbocycles. The molecule has 0 amide bonds. The van der Waals surface area contributed by atoms with Gasteiger partial charge in [0, 0.05) is 31.9 Å². The second-order valence-electron chi connectivity index (χ2n) is 8.62. The first-order valence-electron chi connectivity index (χ1n) is 11.0. The molecule has 0 bridgehead atoms. The van der Waals surface area contributed by atoms with Gasteiger partial charge in [0.2, 0.25) is 0 Å². The van der Waals surface area contributed by atoms with E-state index < -0.39 is 0 Å². The van der Waals surface area contributed by atoms with Crippen molar-refractivity contribution in [1.29, 1.82) is 0 Å². The van der Waals surface area contributed by atoms with Gasteiger partial charge in [-0.15, -0.1) is 0 Å². The van der Waals surface area contributed by atoms with Crippen LogP contribution in [0.4, 0.5) is 5.69 Å². The maximum absolute atomic E-state index is 6.52. The van der Waals surface area contributed by atoms with Crippen molar-refractivity contribution in [2.45, 2.75) is 51.4 Å². The highest BCUT2D eigenvalue weighted by molar-refractivity contribution is 5.46. The number of likely N-dealkylation sites (tertiary alicyclic amines) is 1. The largest absolute Gasteiger partial charge is 0.372 e. The summed E-state index contributed by atoms with van der Waals surface area (Å²) in [6.07, 6.45) is 6.27. The summed E-state index contributed by atoms with van der Waals surface area (Å²) in [5.41, 5.74) is 2.52. The molecule has 1 unspecified atom stereocenters. The highest BCUT2D eigenvalue weighted by atomic mass is 16.5. The van der Waals surface area contributed by atoms with Gasteiger partial charge in [-0.1, -0.05) is 48.5 Å². The van der Waals surface area contributed by atoms with Gasteiger partial charge < -0.3 is 9.64 Å². The summed E-state index contributed by atoms with van der Waals surface area (Å²) in [7, 11) is 0. The molecule has 150 valence electrons. The molecule has 0 N–H and O–H groups in total. The van der Waals surface area contributed by atoms with Gasteiger partial charge in [0.05, 0.1) is 6.61 Å². The Hall–Kier alpha value is -1.84. The number of benzene rings is 2. The molecule has 2 aliphatic rings. The molecule has 28 heavy (non-hydrogen) atoms. The second-order valence-corrected chi connectivity index (χ2v) is 8.62. The van der Waals surface area contributed by atoms with Crippen LogP contribution < -0.4 is 4.90 Å². The lowest BCUT2D eigenvalue weighted by molar-refractivity contribution is -0.175. The van der Waals surface area contributed by atoms with Crippen molar-refractivity contribution >= 4 is 5.69 Å². The van der Waals surface area contributed by atoms with E-state index in [2.05, 4.69) is 77.4 Å². The summed E-state index contributed by atoms with van der Waals surface area (Å²) in [5.74, 6) is 0.776. The lowest BCUT2D eigenvalue weighted by Crippen LogP contribution is -2.53. The summed E-state index contributed by atoms with van der Waals surface area (Å²) in [6, 6.07) is 21.4. The highest BCUT2D eigenvalue weighted by Crippen LogP contribution is 2.33. The predicted molar refractivity (Wildman–Crippen MR) is 116 cm³/mol. The van der Waals surface area contributed by atoms with Crippen molar-refractivity contribution in [3.05, 3.63) is 66.2 Å². The van der Waals surface area contributed by atoms with Gasteiger partial charge in [-0.2, -0.15) is 0 Å². The zero-order chi connectivity index (χ0) is 19.2. The molecule has 4 rings (SSSR count). The Morgan fingerprint density at radius 2 is 1.57 bits per heavy atom. The van der Waals surface area contributed by atoms with E-state index in [1.807, 2.05) is 0 Å². The summed E-state index contributed by atoms with van der Waals surface area (Å²) >= 11 is 0. The van der Waals surface area contributed by atoms with Gasteiger partial charge in [-0.25, -0.2) is 0 Å². The Balaban J connectivity index is 1.32. The summed E-state index contributed by atoms with van der Waals surface area (Å²) in [4.78, 5) is 5.18. The number of piperidine rings is 2. The van der Waals surface area contributed by atoms with Crippen LogP contribution in [0.25, 0.3) is 0 Å². The Labute approximate surface area is 170 Å². The third-order valence-electron chi connectivity index (χ3n) is 6.59. The van der Waals surface area contributed by atoms with E-state index in [0.717, 1.165) is 12.3 Å². The molecule has 0 aromatic heterocycles. The van der Waals surface area contributed by atoms with Gasteiger partial charge in [0.15, 0.2) is 0 Å². The quantitative estimate of drug-likeness (QED) is 0.676. The fourth-order valence-corrected chi connectivity index (χ4v) is 4.74. The van der Waals surface area contributed by atoms with E-state index in [1.54, 1.807) is 0 Å². The molecule has 0 saturated carbocycles. The number of anilines is 1. The smallest absolute Gasteiger partial charge is 0.119 e. The average Bonchev–Trinajstić information content (AvgIpc) is 2.76. The molecule has 2 heterocycles. The van der Waals surface area contributed by atoms with E-state index in [4.69, 9.17) is 4.74 Å². The van der Waals surface area contributed by atoms with Crippen LogP contribution in [0.3, 0.4) is 0 Å². The average molecular weight is 379 g/mol. The molecule has 2 saturated heterocycles. The second kappa shape index (κ2) is 9.11. The van der Waals surface area contributed by atoms with Gasteiger partial charge in [0.25, 0.3) is 0 Å². The summed E-state index contributed by atoms with van der Waals surface area (Å²) in [6.45, 7) is 7.71. The van der Waals surface area contributed by atoms with E-state index in [-0.39, 0.29) is 5.72 Å². The van der Waals surface area contributed by atoms with Crippen LogP contribution >= 0.6 is 0 Å². The predicted octanol–water partition coefficient (Wildman–Crippen LogP) is 5.32. The fourth-order valence-electron chi connectivity index (χ4n) is 4.74. The van der Waals surface area contributed by atoms with Crippen LogP contribution in [-0.4, -0.2) is 36.8 Å². The molecule has 0 radical (unpaired) electrons. The maximum Gasteiger partial charge on any atom is 0.119 e. The Bertz CT molecular complexity index is 712. The first-order valence-corrected chi connectivity index (χ1v) is 11.0. The molecule has 3 heteroatoms. The third-order valence-corrected chi connectivity index (χ3v) is 6.59. The Morgan fingerprint density at radius 3 is 2.29 bits per heavy atom. The van der Waals surface area contributed by atoms with Gasteiger partial charge in [-0.3, -0.25) is 4.90 Å². The van der Waals surface area contributed by atoms with Crippen molar-refractivity contribution < 1.29 is 4.74 Å². The van der Waals surface area contributed by atoms with Crippen LogP contribution in [0.1, 0.15) is 44.6 Å². The Kier molecular flexibility index (Phi) is 6.33. The normalized spacial score (nSPS) is 24.4. The topological polar surface area (TPSA) is 15.7 Å². The molecule has 2 fully saturated rings. The standard InChI is InChI=1S/C25H34N2O/c1-25(28-21-23-10-4-2-5-11-23)16-8-9-17-27(25)20-22-14-18-26(19-15-22)24-12-6-3-7-13-24/h2-7,10-13,22H,8-9,14-21H2,1H3. The van der Waals surface area contributed by atoms with E-state index in [9.17, 15) is 0 Å². The van der Waals surface area contributed by atoms with Crippen LogP contribution in [0.5, 0.6) is 0 Å². The van der Waals surface area contributed by atoms with E-state index >= 15 is 0 Å². The van der Waals surface area contributed by atoms with E-state index in [1.165, 1.54) is 63.1 Å². The third kappa shape index (κ3) is 4.76. The molecule has 0 spiro atoms. The van der Waals surface area contributed by atoms with Crippen molar-refractivity contribution in [1.82, 2.24) is 4.90 Å². The zero-order valence-electron chi connectivity index (χ0n) is 17.2. The lowest BCUT2D eigenvalue weighted by atomic mass is 9.92. The van der Waals surface area contributed by atoms with Crippen molar-refractivity contribution in [2.75, 3.05) is 31.1 Å². The Morgan fingerprint density at radius 1 is 0.893 bits per heavy atom. The molecular formula is C25H34N2O. The molecule has 2 aromatic rings. The number of ether oxygens (including phenoxy) is 1. The molecule has 0 aliphatic carbocycles. The van der Waals surface area contributed by atoms with Crippen LogP contribution in [-0.2, 0) is 11.3 Å². The van der Waals surface area contributed by atoms with Gasteiger partial charge in [0.1, 0.15) is 5.72 Å². The number of rotatable bonds is 6. The lowest BCUT2D eigenvalue weighted by Gasteiger charge is -2.47. The SMILES string of the molecule is CC1(OCc2ccccc2)CCCCN1CC1CCN(c2ccccc2)CC1. The van der Waals surface area contributed by atoms with Crippen molar-refractivity contribution in [3.63, 3.8) is 0 Å². The van der Waals surface area contributed by atoms with Crippen molar-refractivity contribution in [2.24, 2.45) is 5.92 Å². The van der Waals surface area contributed by atoms with Crippen molar-refractivity contribution in [3.8, 4) is 0 Å². The zero-order valence-corrected chi connectivity index (χ0v) is 17.2. The highest BCUT2D eigenvalue weighted by Gasteiger charge is 2.37. The molecule has 3 nitrogen and oxygen atoms in total. The van der Waals surface area contributed by atoms with Crippen LogP contribution in [0.2, 0.25) is 0 Å². The molecule has 2 aliphatic heterocycles. The number of hydrogen-bond donors (Lipinski definition) is 0. The monoisotopic (exact) mass is 378 g/mol. The van der Waals surface area contributed by atoms with Gasteiger partial charge >= 0.3 is 0 Å². The van der Waals surface area contributed by atoms with Gasteiger partial charge in [-0.05, 0) is 62.6 Å². The minimum absolute atomic E-state index is 0.120. The fraction of sp³-hybridized carbons (Fsp3) is 0.520. The van der Waals surface area contributed by atoms with Crippen LogP contribution in [0, 0.1) is 5.92 Å². The molecular weight excluding hydrogens is 344 g/mol. The maximum atomic E-state index is 6.52. The minimum atomic E-state index is -0.120. The summed E-state index contributed by atoms with van der Waals surface area (Å²) < 4.78 is 6.52. The van der Waals surface area contributed by atoms with E-state index in [0.29, 0.717) is 6.61 Å². The first kappa shape index (κ1) is 19.5. The molecule has 1 atom stereocenters.